The highest BCUT2D eigenvalue weighted by molar-refractivity contribution is 8.03. The Kier molecular flexibility index (Phi) is 16.7. The summed E-state index contributed by atoms with van der Waals surface area (Å²) < 4.78 is 55.7. The lowest BCUT2D eigenvalue weighted by molar-refractivity contribution is -0.237. The summed E-state index contributed by atoms with van der Waals surface area (Å²) in [4.78, 5) is 125. The quantitative estimate of drug-likeness (QED) is 0.153. The van der Waals surface area contributed by atoms with Crippen molar-refractivity contribution >= 4 is 82.8 Å². The van der Waals surface area contributed by atoms with Gasteiger partial charge in [0.1, 0.15) is 47.8 Å². The van der Waals surface area contributed by atoms with Gasteiger partial charge in [0.05, 0.1) is 20.9 Å². The Morgan fingerprint density at radius 2 is 0.825 bits per heavy atom. The zero-order chi connectivity index (χ0) is 47.2. The molecule has 0 bridgehead atoms. The van der Waals surface area contributed by atoms with Gasteiger partial charge in [-0.3, -0.25) is 47.9 Å². The number of ketones is 2. The first kappa shape index (κ1) is 49.9. The summed E-state index contributed by atoms with van der Waals surface area (Å²) in [7, 11) is 0. The number of Topliss-reactive ketones (excluding diaryl/α,β-unsaturated/α-hetero) is 1. The normalized spacial score (nSPS) is 26.5. The predicted molar refractivity (Wildman–Crippen MR) is 208 cm³/mol. The van der Waals surface area contributed by atoms with Gasteiger partial charge in [0.2, 0.25) is 0 Å². The summed E-state index contributed by atoms with van der Waals surface area (Å²) in [6, 6.07) is 0. The summed E-state index contributed by atoms with van der Waals surface area (Å²) in [6.07, 6.45) is -12.2. The molecule has 0 radical (unpaired) electrons. The van der Waals surface area contributed by atoms with E-state index in [1.54, 1.807) is 0 Å². The molecule has 1 aromatic rings. The number of hydrogen-bond donors (Lipinski definition) is 2. The molecule has 10 atom stereocenters. The van der Waals surface area contributed by atoms with Crippen molar-refractivity contribution in [2.45, 2.75) is 132 Å². The van der Waals surface area contributed by atoms with Crippen molar-refractivity contribution in [2.24, 2.45) is 0 Å². The van der Waals surface area contributed by atoms with E-state index in [-0.39, 0.29) is 5.57 Å². The molecule has 2 saturated heterocycles. The minimum Gasteiger partial charge on any atom is -0.506 e. The molecule has 0 amide bonds. The van der Waals surface area contributed by atoms with Crippen LogP contribution in [0.15, 0.2) is 21.4 Å². The second-order valence-electron chi connectivity index (χ2n) is 14.0. The molecular weight excluding hydrogens is 885 g/mol. The number of aromatic hydroxyl groups is 2. The minimum atomic E-state index is -1.76. The Balaban J connectivity index is 2.02. The molecule has 344 valence electrons. The van der Waals surface area contributed by atoms with Crippen LogP contribution < -0.4 is 0 Å². The van der Waals surface area contributed by atoms with Crippen LogP contribution >= 0.6 is 23.5 Å². The van der Waals surface area contributed by atoms with Crippen LogP contribution in [0.25, 0.3) is 0 Å². The Morgan fingerprint density at radius 1 is 0.508 bits per heavy atom. The van der Waals surface area contributed by atoms with Crippen molar-refractivity contribution < 1.29 is 106 Å². The fraction of sp³-hybridized carbons (Fsp3) is 0.538. The van der Waals surface area contributed by atoms with Gasteiger partial charge in [0, 0.05) is 61.0 Å². The largest absolute Gasteiger partial charge is 0.506 e. The van der Waals surface area contributed by atoms with Crippen LogP contribution in [-0.4, -0.2) is 142 Å². The van der Waals surface area contributed by atoms with Crippen molar-refractivity contribution in [3.8, 4) is 11.5 Å². The van der Waals surface area contributed by atoms with Crippen molar-refractivity contribution in [2.75, 3.05) is 13.2 Å². The molecule has 0 unspecified atom stereocenters. The van der Waals surface area contributed by atoms with Gasteiger partial charge < -0.3 is 57.6 Å². The highest BCUT2D eigenvalue weighted by atomic mass is 32.2. The van der Waals surface area contributed by atoms with E-state index in [9.17, 15) is 58.2 Å². The predicted octanol–water partition coefficient (Wildman–Crippen LogP) is 1.77. The Labute approximate surface area is 366 Å². The summed E-state index contributed by atoms with van der Waals surface area (Å²) in [5.41, 5.74) is -4.92. The maximum absolute atomic E-state index is 13.6. The summed E-state index contributed by atoms with van der Waals surface area (Å²) in [5, 5.41) is 24.1. The van der Waals surface area contributed by atoms with E-state index >= 15 is 0 Å². The maximum Gasteiger partial charge on any atom is 0.303 e. The highest BCUT2D eigenvalue weighted by Crippen LogP contribution is 2.54. The minimum absolute atomic E-state index is 0.148. The number of ether oxygens (including phenoxy) is 10. The standard InChI is InChI=1S/C39H44O22S2/c1-13-10-22(48)25-26(27(13)49)29(51)37(63-39-35(59-21(9)47)33(57-19(7)45)31(55-17(5)43)24(61-39)12-53-15(3)41)36(28(25)50)62-38-34(58-20(8)46)32(56-18(6)44)30(54-16(4)42)23(60-38)11-52-14(2)40/h10,23-24,30-35,38-39,50-51H,11-12H2,1-9H3/t23-,24-,30-,31-,32+,33+,34-,35-,38+,39+/m1/s1. The topological polar surface area (TPSA) is 303 Å². The maximum atomic E-state index is 13.6. The molecule has 2 N–H and O–H groups in total. The molecule has 3 aliphatic rings. The first-order valence-corrected chi connectivity index (χ1v) is 20.5. The van der Waals surface area contributed by atoms with Gasteiger partial charge in [-0.25, -0.2) is 0 Å². The molecular formula is C39H44O22S2. The van der Waals surface area contributed by atoms with Crippen LogP contribution in [-0.2, 0) is 85.7 Å². The van der Waals surface area contributed by atoms with Gasteiger partial charge >= 0.3 is 47.8 Å². The monoisotopic (exact) mass is 928 g/mol. The van der Waals surface area contributed by atoms with Crippen molar-refractivity contribution in [3.05, 3.63) is 22.8 Å². The van der Waals surface area contributed by atoms with E-state index in [0.717, 1.165) is 61.5 Å². The third kappa shape index (κ3) is 12.3. The van der Waals surface area contributed by atoms with Crippen LogP contribution in [0.4, 0.5) is 0 Å². The lowest BCUT2D eigenvalue weighted by atomic mass is 9.89. The zero-order valence-electron chi connectivity index (χ0n) is 35.1. The number of carbonyl (C=O) groups excluding carboxylic acids is 10. The first-order valence-electron chi connectivity index (χ1n) is 18.7. The summed E-state index contributed by atoms with van der Waals surface area (Å²) in [6.45, 7) is 8.03. The number of phenols is 2. The van der Waals surface area contributed by atoms with E-state index in [1.165, 1.54) is 6.92 Å². The Bertz CT molecular complexity index is 2100. The Hall–Kier alpha value is -5.72. The van der Waals surface area contributed by atoms with Gasteiger partial charge in [-0.1, -0.05) is 23.5 Å². The number of fused-ring (bicyclic) bond motifs is 1. The number of rotatable bonds is 14. The van der Waals surface area contributed by atoms with Gasteiger partial charge in [-0.15, -0.1) is 0 Å². The van der Waals surface area contributed by atoms with Crippen LogP contribution in [0, 0.1) is 0 Å². The van der Waals surface area contributed by atoms with Gasteiger partial charge in [0.15, 0.2) is 48.2 Å². The molecule has 1 aliphatic carbocycles. The van der Waals surface area contributed by atoms with E-state index in [1.807, 2.05) is 0 Å². The number of hydrogen-bond acceptors (Lipinski definition) is 24. The molecule has 2 heterocycles. The van der Waals surface area contributed by atoms with Gasteiger partial charge in [0.25, 0.3) is 0 Å². The number of allylic oxidation sites excluding steroid dienone is 2. The summed E-state index contributed by atoms with van der Waals surface area (Å²) >= 11 is 0.829. The SMILES string of the molecule is CC(=O)OC[C@H]1O[C@@H](Sc2c(O)c3c(c(O)c2S[C@@H]2O[C@H](COC(C)=O)[C@@H](OC(C)=O)[C@H](OC(C)=O)[C@H]2OC(C)=O)C(=O)C(C)=CC3=O)[C@H](OC(C)=O)[C@@H](OC(C)=O)[C@@H]1OC(C)=O. The average Bonchev–Trinajstić information content (AvgIpc) is 3.15. The molecule has 1 aromatic carbocycles. The highest BCUT2D eigenvalue weighted by Gasteiger charge is 2.55. The first-order chi connectivity index (χ1) is 29.4. The van der Waals surface area contributed by atoms with Crippen molar-refractivity contribution in [1.82, 2.24) is 0 Å². The van der Waals surface area contributed by atoms with Crippen LogP contribution in [0.2, 0.25) is 0 Å². The second kappa shape index (κ2) is 21.1. The fourth-order valence-electron chi connectivity index (χ4n) is 6.69. The van der Waals surface area contributed by atoms with Gasteiger partial charge in [-0.2, -0.15) is 0 Å². The lowest BCUT2D eigenvalue weighted by Gasteiger charge is -2.45. The smallest absolute Gasteiger partial charge is 0.303 e. The van der Waals surface area contributed by atoms with E-state index in [0.29, 0.717) is 23.5 Å². The molecule has 0 saturated carbocycles. The third-order valence-corrected chi connectivity index (χ3v) is 11.5. The lowest BCUT2D eigenvalue weighted by Crippen LogP contribution is -2.61. The molecule has 63 heavy (non-hydrogen) atoms. The summed E-state index contributed by atoms with van der Waals surface area (Å²) in [5.74, 6) is -11.2. The van der Waals surface area contributed by atoms with E-state index < -0.39 is 165 Å². The Morgan fingerprint density at radius 3 is 1.16 bits per heavy atom. The van der Waals surface area contributed by atoms with E-state index in [2.05, 4.69) is 0 Å². The van der Waals surface area contributed by atoms with E-state index in [4.69, 9.17) is 47.4 Å². The average molecular weight is 929 g/mol. The van der Waals surface area contributed by atoms with Crippen molar-refractivity contribution in [1.29, 1.82) is 0 Å². The molecule has 22 nitrogen and oxygen atoms in total. The van der Waals surface area contributed by atoms with Crippen LogP contribution in [0.1, 0.15) is 83.0 Å². The third-order valence-electron chi connectivity index (χ3n) is 8.90. The van der Waals surface area contributed by atoms with Crippen molar-refractivity contribution in [3.63, 3.8) is 0 Å². The van der Waals surface area contributed by atoms with Gasteiger partial charge in [-0.05, 0) is 13.0 Å². The number of carbonyl (C=O) groups is 10. The van der Waals surface area contributed by atoms with Crippen LogP contribution in [0.5, 0.6) is 11.5 Å². The molecule has 0 spiro atoms. The van der Waals surface area contributed by atoms with Crippen LogP contribution in [0.3, 0.4) is 0 Å². The molecule has 4 rings (SSSR count). The fourth-order valence-corrected chi connectivity index (χ4v) is 9.36. The number of phenolic OH excluding ortho intramolecular Hbond substituents is 2. The molecule has 0 aromatic heterocycles. The number of thioether (sulfide) groups is 2. The second-order valence-corrected chi connectivity index (χ2v) is 16.2. The molecule has 24 heteroatoms. The molecule has 2 aliphatic heterocycles. The molecule has 2 fully saturated rings. The zero-order valence-corrected chi connectivity index (χ0v) is 36.8. The number of esters is 8. The number of benzene rings is 1.